The number of benzene rings is 2. The second-order valence-corrected chi connectivity index (χ2v) is 7.05. The number of amides is 1. The summed E-state index contributed by atoms with van der Waals surface area (Å²) in [6.07, 6.45) is 1.75. The number of aryl methyl sites for hydroxylation is 2. The number of carbonyl (C=O) groups is 1. The maximum atomic E-state index is 12.2. The summed E-state index contributed by atoms with van der Waals surface area (Å²) >= 11 is 0. The van der Waals surface area contributed by atoms with Crippen molar-refractivity contribution in [3.8, 4) is 22.8 Å². The third kappa shape index (κ3) is 5.72. The Balaban J connectivity index is 1.63. The summed E-state index contributed by atoms with van der Waals surface area (Å²) in [5.74, 6) is 1.12. The number of rotatable bonds is 9. The first kappa shape index (κ1) is 22.1. The molecule has 0 radical (unpaired) electrons. The average Bonchev–Trinajstić information content (AvgIpc) is 2.80. The molecule has 1 heterocycles. The van der Waals surface area contributed by atoms with Gasteiger partial charge in [0.1, 0.15) is 0 Å². The largest absolute Gasteiger partial charge is 0.493 e. The summed E-state index contributed by atoms with van der Waals surface area (Å²) in [6.45, 7) is 2.44. The van der Waals surface area contributed by atoms with Gasteiger partial charge in [-0.15, -0.1) is 0 Å². The van der Waals surface area contributed by atoms with Gasteiger partial charge in [-0.25, -0.2) is 4.68 Å². The average molecular weight is 421 g/mol. The molecule has 1 N–H and O–H groups in total. The number of carbonyl (C=O) groups excluding carboxylic acids is 1. The van der Waals surface area contributed by atoms with E-state index in [0.717, 1.165) is 17.7 Å². The van der Waals surface area contributed by atoms with Gasteiger partial charge in [0.25, 0.3) is 5.56 Å². The third-order valence-corrected chi connectivity index (χ3v) is 4.97. The molecule has 3 aromatic rings. The predicted octanol–water partition coefficient (Wildman–Crippen LogP) is 3.91. The van der Waals surface area contributed by atoms with E-state index in [9.17, 15) is 9.59 Å². The van der Waals surface area contributed by atoms with E-state index in [1.54, 1.807) is 26.4 Å². The minimum Gasteiger partial charge on any atom is -0.493 e. The fourth-order valence-electron chi connectivity index (χ4n) is 3.20. The molecular formula is C24H27N3O4. The lowest BCUT2D eigenvalue weighted by atomic mass is 10.1. The van der Waals surface area contributed by atoms with Gasteiger partial charge < -0.3 is 14.8 Å². The summed E-state index contributed by atoms with van der Waals surface area (Å²) in [6, 6.07) is 16.4. The Kier molecular flexibility index (Phi) is 7.43. The molecule has 7 heteroatoms. The van der Waals surface area contributed by atoms with Crippen LogP contribution in [0.5, 0.6) is 11.5 Å². The van der Waals surface area contributed by atoms with Gasteiger partial charge in [-0.1, -0.05) is 19.1 Å². The molecule has 0 aliphatic heterocycles. The van der Waals surface area contributed by atoms with Gasteiger partial charge in [0.2, 0.25) is 5.91 Å². The Labute approximate surface area is 181 Å². The van der Waals surface area contributed by atoms with Crippen LogP contribution < -0.4 is 20.3 Å². The van der Waals surface area contributed by atoms with Crippen LogP contribution >= 0.6 is 0 Å². The minimum absolute atomic E-state index is 0.0895. The maximum absolute atomic E-state index is 12.2. The zero-order valence-electron chi connectivity index (χ0n) is 18.1. The van der Waals surface area contributed by atoms with Crippen molar-refractivity contribution in [2.75, 3.05) is 19.5 Å². The van der Waals surface area contributed by atoms with Gasteiger partial charge in [-0.3, -0.25) is 9.59 Å². The van der Waals surface area contributed by atoms with Crippen LogP contribution in [-0.2, 0) is 17.8 Å². The molecule has 0 bridgehead atoms. The molecule has 1 aromatic heterocycles. The van der Waals surface area contributed by atoms with Crippen molar-refractivity contribution in [1.29, 1.82) is 0 Å². The van der Waals surface area contributed by atoms with Gasteiger partial charge in [0.15, 0.2) is 11.5 Å². The van der Waals surface area contributed by atoms with E-state index in [1.165, 1.54) is 16.3 Å². The highest BCUT2D eigenvalue weighted by molar-refractivity contribution is 5.90. The summed E-state index contributed by atoms with van der Waals surface area (Å²) in [4.78, 5) is 24.4. The van der Waals surface area contributed by atoms with E-state index in [1.807, 2.05) is 36.4 Å². The Morgan fingerprint density at radius 2 is 1.74 bits per heavy atom. The van der Waals surface area contributed by atoms with Crippen molar-refractivity contribution < 1.29 is 14.3 Å². The summed E-state index contributed by atoms with van der Waals surface area (Å²) < 4.78 is 12.0. The minimum atomic E-state index is -0.209. The van der Waals surface area contributed by atoms with Gasteiger partial charge >= 0.3 is 0 Å². The Bertz CT molecular complexity index is 1090. The monoisotopic (exact) mass is 421 g/mol. The number of ether oxygens (including phenoxy) is 2. The maximum Gasteiger partial charge on any atom is 0.266 e. The van der Waals surface area contributed by atoms with E-state index in [-0.39, 0.29) is 11.5 Å². The van der Waals surface area contributed by atoms with Crippen LogP contribution in [0.2, 0.25) is 0 Å². The molecule has 2 aromatic carbocycles. The molecule has 0 fully saturated rings. The molecule has 0 spiro atoms. The second-order valence-electron chi connectivity index (χ2n) is 7.05. The van der Waals surface area contributed by atoms with Crippen molar-refractivity contribution in [2.24, 2.45) is 0 Å². The van der Waals surface area contributed by atoms with Crippen molar-refractivity contribution >= 4 is 11.6 Å². The predicted molar refractivity (Wildman–Crippen MR) is 121 cm³/mol. The molecule has 0 atom stereocenters. The van der Waals surface area contributed by atoms with Gasteiger partial charge in [0, 0.05) is 30.3 Å². The Hall–Kier alpha value is -3.61. The molecule has 0 aliphatic rings. The zero-order chi connectivity index (χ0) is 22.2. The lowest BCUT2D eigenvalue weighted by molar-refractivity contribution is -0.116. The number of nitrogens with one attached hydrogen (secondary N) is 1. The molecule has 7 nitrogen and oxygen atoms in total. The normalized spacial score (nSPS) is 10.5. The van der Waals surface area contributed by atoms with E-state index in [0.29, 0.717) is 36.6 Å². The zero-order valence-corrected chi connectivity index (χ0v) is 18.1. The van der Waals surface area contributed by atoms with Gasteiger partial charge in [-0.2, -0.15) is 5.10 Å². The Morgan fingerprint density at radius 3 is 2.42 bits per heavy atom. The molecule has 31 heavy (non-hydrogen) atoms. The molecular weight excluding hydrogens is 394 g/mol. The van der Waals surface area contributed by atoms with Crippen LogP contribution in [0.1, 0.15) is 25.3 Å². The van der Waals surface area contributed by atoms with Crippen LogP contribution in [-0.4, -0.2) is 29.9 Å². The molecule has 0 saturated carbocycles. The first-order valence-electron chi connectivity index (χ1n) is 10.2. The number of anilines is 1. The highest BCUT2D eigenvalue weighted by Gasteiger charge is 2.09. The van der Waals surface area contributed by atoms with E-state index < -0.39 is 0 Å². The topological polar surface area (TPSA) is 82.5 Å². The number of aromatic nitrogens is 2. The molecule has 0 aliphatic carbocycles. The number of hydrogen-bond donors (Lipinski definition) is 1. The third-order valence-electron chi connectivity index (χ3n) is 4.97. The summed E-state index contributed by atoms with van der Waals surface area (Å²) in [5, 5.41) is 7.33. The smallest absolute Gasteiger partial charge is 0.266 e. The van der Waals surface area contributed by atoms with Crippen molar-refractivity contribution in [1.82, 2.24) is 9.78 Å². The van der Waals surface area contributed by atoms with Crippen molar-refractivity contribution in [3.05, 3.63) is 70.5 Å². The van der Waals surface area contributed by atoms with Crippen LogP contribution in [0.4, 0.5) is 5.69 Å². The van der Waals surface area contributed by atoms with Crippen LogP contribution in [0.15, 0.2) is 59.4 Å². The van der Waals surface area contributed by atoms with Crippen molar-refractivity contribution in [3.63, 3.8) is 0 Å². The molecule has 1 amide bonds. The van der Waals surface area contributed by atoms with E-state index in [2.05, 4.69) is 17.3 Å². The van der Waals surface area contributed by atoms with Crippen LogP contribution in [0, 0.1) is 0 Å². The number of methoxy groups -OCH3 is 2. The van der Waals surface area contributed by atoms with Gasteiger partial charge in [-0.05, 0) is 54.8 Å². The highest BCUT2D eigenvalue weighted by atomic mass is 16.5. The lowest BCUT2D eigenvalue weighted by Crippen LogP contribution is -2.23. The Morgan fingerprint density at radius 1 is 1.00 bits per heavy atom. The number of hydrogen-bond acceptors (Lipinski definition) is 5. The standard InChI is InChI=1S/C24H27N3O4/c1-4-17-7-10-19(11-8-17)25-23(28)6-5-15-27-24(29)14-12-20(26-27)18-9-13-21(30-2)22(16-18)31-3/h7-14,16H,4-6,15H2,1-3H3,(H,25,28). The molecule has 0 saturated heterocycles. The van der Waals surface area contributed by atoms with E-state index >= 15 is 0 Å². The van der Waals surface area contributed by atoms with Crippen LogP contribution in [0.25, 0.3) is 11.3 Å². The molecule has 3 rings (SSSR count). The fourth-order valence-corrected chi connectivity index (χ4v) is 3.20. The second kappa shape index (κ2) is 10.4. The first-order valence-corrected chi connectivity index (χ1v) is 10.2. The van der Waals surface area contributed by atoms with Crippen molar-refractivity contribution in [2.45, 2.75) is 32.7 Å². The SMILES string of the molecule is CCc1ccc(NC(=O)CCCn2nc(-c3ccc(OC)c(OC)c3)ccc2=O)cc1. The number of nitrogens with zero attached hydrogens (tertiary/aromatic N) is 2. The molecule has 162 valence electrons. The highest BCUT2D eigenvalue weighted by Crippen LogP contribution is 2.31. The lowest BCUT2D eigenvalue weighted by Gasteiger charge is -2.11. The van der Waals surface area contributed by atoms with Gasteiger partial charge in [0.05, 0.1) is 19.9 Å². The summed E-state index contributed by atoms with van der Waals surface area (Å²) in [5.41, 5.74) is 3.23. The first-order chi connectivity index (χ1) is 15.0. The van der Waals surface area contributed by atoms with Crippen LogP contribution in [0.3, 0.4) is 0 Å². The summed E-state index contributed by atoms with van der Waals surface area (Å²) in [7, 11) is 3.14. The fraction of sp³-hybridized carbons (Fsp3) is 0.292. The quantitative estimate of drug-likeness (QED) is 0.566. The molecule has 0 unspecified atom stereocenters. The van der Waals surface area contributed by atoms with E-state index in [4.69, 9.17) is 9.47 Å².